The van der Waals surface area contributed by atoms with Gasteiger partial charge in [-0.2, -0.15) is 0 Å². The molecule has 0 radical (unpaired) electrons. The van der Waals surface area contributed by atoms with Gasteiger partial charge in [0.2, 0.25) is 8.32 Å². The molecule has 0 bridgehead atoms. The molecular weight excluding hydrogens is 250 g/mol. The molecule has 0 fully saturated rings. The molecule has 19 heavy (non-hydrogen) atoms. The van der Waals surface area contributed by atoms with Crippen molar-refractivity contribution in [2.75, 3.05) is 13.1 Å². The average Bonchev–Trinajstić information content (AvgIpc) is 2.52. The molecule has 0 saturated carbocycles. The van der Waals surface area contributed by atoms with Gasteiger partial charge in [-0.1, -0.05) is 32.9 Å². The van der Waals surface area contributed by atoms with Crippen molar-refractivity contribution in [2.45, 2.75) is 51.7 Å². The van der Waals surface area contributed by atoms with E-state index in [1.165, 1.54) is 11.1 Å². The minimum atomic E-state index is -1.74. The molecule has 0 spiro atoms. The van der Waals surface area contributed by atoms with Gasteiger partial charge >= 0.3 is 0 Å². The number of benzene rings is 1. The zero-order valence-electron chi connectivity index (χ0n) is 13.0. The van der Waals surface area contributed by atoms with Gasteiger partial charge in [0.05, 0.1) is 0 Å². The van der Waals surface area contributed by atoms with E-state index in [0.717, 1.165) is 31.7 Å². The van der Waals surface area contributed by atoms with Gasteiger partial charge in [0.25, 0.3) is 0 Å². The SMILES string of the molecule is CC(C)(C)[Si](C)(C)Oc1cccc2c1CCNCC2. The lowest BCUT2D eigenvalue weighted by molar-refractivity contribution is 0.486. The standard InChI is InChI=1S/C16H27NOSi/c1-16(2,3)19(4,5)18-15-8-6-7-13-9-11-17-12-10-14(13)15/h6-8,17H,9-12H2,1-5H3. The second-order valence-corrected chi connectivity index (χ2v) is 11.7. The molecule has 0 saturated heterocycles. The summed E-state index contributed by atoms with van der Waals surface area (Å²) in [6, 6.07) is 6.55. The summed E-state index contributed by atoms with van der Waals surface area (Å²) >= 11 is 0. The fraction of sp³-hybridized carbons (Fsp3) is 0.625. The van der Waals surface area contributed by atoms with E-state index in [0.29, 0.717) is 0 Å². The number of hydrogen-bond acceptors (Lipinski definition) is 2. The van der Waals surface area contributed by atoms with Gasteiger partial charge in [-0.3, -0.25) is 0 Å². The van der Waals surface area contributed by atoms with Gasteiger partial charge in [0.1, 0.15) is 5.75 Å². The van der Waals surface area contributed by atoms with E-state index in [1.807, 2.05) is 0 Å². The monoisotopic (exact) mass is 277 g/mol. The zero-order valence-corrected chi connectivity index (χ0v) is 14.0. The second kappa shape index (κ2) is 5.29. The summed E-state index contributed by atoms with van der Waals surface area (Å²) in [6.45, 7) is 13.7. The predicted molar refractivity (Wildman–Crippen MR) is 84.5 cm³/mol. The second-order valence-electron chi connectivity index (χ2n) is 7.01. The van der Waals surface area contributed by atoms with Crippen molar-refractivity contribution in [1.29, 1.82) is 0 Å². The quantitative estimate of drug-likeness (QED) is 0.831. The molecule has 0 aliphatic carbocycles. The van der Waals surface area contributed by atoms with E-state index in [1.54, 1.807) is 0 Å². The van der Waals surface area contributed by atoms with Crippen molar-refractivity contribution in [3.05, 3.63) is 29.3 Å². The van der Waals surface area contributed by atoms with Crippen LogP contribution in [0.5, 0.6) is 5.75 Å². The number of hydrogen-bond donors (Lipinski definition) is 1. The zero-order chi connectivity index (χ0) is 14.1. The number of nitrogens with one attached hydrogen (secondary N) is 1. The Labute approximate surface area is 118 Å². The summed E-state index contributed by atoms with van der Waals surface area (Å²) < 4.78 is 6.53. The normalized spacial score (nSPS) is 16.7. The first kappa shape index (κ1) is 14.6. The maximum atomic E-state index is 6.53. The van der Waals surface area contributed by atoms with E-state index in [9.17, 15) is 0 Å². The van der Waals surface area contributed by atoms with Gasteiger partial charge in [-0.05, 0) is 61.3 Å². The summed E-state index contributed by atoms with van der Waals surface area (Å²) in [5.41, 5.74) is 2.89. The molecule has 0 aromatic heterocycles. The Hall–Kier alpha value is -0.803. The Morgan fingerprint density at radius 2 is 1.79 bits per heavy atom. The van der Waals surface area contributed by atoms with Crippen LogP contribution in [0.3, 0.4) is 0 Å². The first-order valence-corrected chi connectivity index (χ1v) is 10.2. The van der Waals surface area contributed by atoms with Crippen LogP contribution in [0.1, 0.15) is 31.9 Å². The largest absolute Gasteiger partial charge is 0.543 e. The topological polar surface area (TPSA) is 21.3 Å². The van der Waals surface area contributed by atoms with Crippen molar-refractivity contribution in [3.8, 4) is 5.75 Å². The summed E-state index contributed by atoms with van der Waals surface area (Å²) in [4.78, 5) is 0. The van der Waals surface area contributed by atoms with Gasteiger partial charge in [0.15, 0.2) is 0 Å². The van der Waals surface area contributed by atoms with E-state index in [-0.39, 0.29) is 5.04 Å². The first-order valence-electron chi connectivity index (χ1n) is 7.32. The van der Waals surface area contributed by atoms with Gasteiger partial charge in [-0.15, -0.1) is 0 Å². The highest BCUT2D eigenvalue weighted by atomic mass is 28.4. The van der Waals surface area contributed by atoms with Crippen LogP contribution in [-0.4, -0.2) is 21.4 Å². The van der Waals surface area contributed by atoms with Crippen LogP contribution in [0, 0.1) is 0 Å². The Kier molecular flexibility index (Phi) is 4.07. The van der Waals surface area contributed by atoms with Crippen molar-refractivity contribution >= 4 is 8.32 Å². The van der Waals surface area contributed by atoms with Crippen LogP contribution < -0.4 is 9.74 Å². The summed E-state index contributed by atoms with van der Waals surface area (Å²) in [6.07, 6.45) is 2.20. The highest BCUT2D eigenvalue weighted by Gasteiger charge is 2.39. The lowest BCUT2D eigenvalue weighted by atomic mass is 10.0. The molecule has 3 heteroatoms. The van der Waals surface area contributed by atoms with Crippen LogP contribution in [-0.2, 0) is 12.8 Å². The maximum Gasteiger partial charge on any atom is 0.250 e. The third-order valence-electron chi connectivity index (χ3n) is 4.52. The molecule has 2 rings (SSSR count). The smallest absolute Gasteiger partial charge is 0.250 e. The van der Waals surface area contributed by atoms with Crippen molar-refractivity contribution in [2.24, 2.45) is 0 Å². The maximum absolute atomic E-state index is 6.53. The molecule has 1 aliphatic rings. The molecule has 2 nitrogen and oxygen atoms in total. The third kappa shape index (κ3) is 3.21. The third-order valence-corrected chi connectivity index (χ3v) is 8.87. The summed E-state index contributed by atoms with van der Waals surface area (Å²) in [5, 5.41) is 3.72. The van der Waals surface area contributed by atoms with Crippen LogP contribution in [0.15, 0.2) is 18.2 Å². The minimum Gasteiger partial charge on any atom is -0.543 e. The van der Waals surface area contributed by atoms with Crippen LogP contribution in [0.4, 0.5) is 0 Å². The van der Waals surface area contributed by atoms with E-state index >= 15 is 0 Å². The fourth-order valence-electron chi connectivity index (χ4n) is 2.21. The Morgan fingerprint density at radius 1 is 1.11 bits per heavy atom. The molecule has 1 aliphatic heterocycles. The van der Waals surface area contributed by atoms with Crippen LogP contribution in [0.25, 0.3) is 0 Å². The Morgan fingerprint density at radius 3 is 2.47 bits per heavy atom. The Bertz CT molecular complexity index is 449. The van der Waals surface area contributed by atoms with Gasteiger partial charge in [0, 0.05) is 0 Å². The van der Waals surface area contributed by atoms with Crippen LogP contribution >= 0.6 is 0 Å². The summed E-state index contributed by atoms with van der Waals surface area (Å²) in [5.74, 6) is 1.13. The lowest BCUT2D eigenvalue weighted by Crippen LogP contribution is -2.44. The highest BCUT2D eigenvalue weighted by Crippen LogP contribution is 2.38. The highest BCUT2D eigenvalue weighted by molar-refractivity contribution is 6.74. The summed E-state index contributed by atoms with van der Waals surface area (Å²) in [7, 11) is -1.74. The fourth-order valence-corrected chi connectivity index (χ4v) is 3.26. The molecule has 106 valence electrons. The van der Waals surface area contributed by atoms with Crippen molar-refractivity contribution in [3.63, 3.8) is 0 Å². The molecule has 0 amide bonds. The lowest BCUT2D eigenvalue weighted by Gasteiger charge is -2.37. The molecule has 0 unspecified atom stereocenters. The van der Waals surface area contributed by atoms with Gasteiger partial charge in [-0.25, -0.2) is 0 Å². The molecule has 1 N–H and O–H groups in total. The number of fused-ring (bicyclic) bond motifs is 1. The van der Waals surface area contributed by atoms with Gasteiger partial charge < -0.3 is 9.74 Å². The number of rotatable bonds is 2. The van der Waals surface area contributed by atoms with E-state index < -0.39 is 8.32 Å². The molecule has 1 aromatic rings. The Balaban J connectivity index is 2.31. The van der Waals surface area contributed by atoms with Crippen molar-refractivity contribution in [1.82, 2.24) is 5.32 Å². The molecule has 1 heterocycles. The minimum absolute atomic E-state index is 0.249. The first-order chi connectivity index (χ1) is 8.81. The molecular formula is C16H27NOSi. The van der Waals surface area contributed by atoms with Crippen molar-refractivity contribution < 1.29 is 4.43 Å². The van der Waals surface area contributed by atoms with E-state index in [4.69, 9.17) is 4.43 Å². The molecule has 0 atom stereocenters. The predicted octanol–water partition coefficient (Wildman–Crippen LogP) is 3.76. The van der Waals surface area contributed by atoms with E-state index in [2.05, 4.69) is 57.4 Å². The average molecular weight is 277 g/mol. The van der Waals surface area contributed by atoms with Crippen LogP contribution in [0.2, 0.25) is 18.1 Å². The molecule has 1 aromatic carbocycles.